The van der Waals surface area contributed by atoms with E-state index >= 15 is 0 Å². The monoisotopic (exact) mass is 304 g/mol. The van der Waals surface area contributed by atoms with E-state index in [1.165, 1.54) is 0 Å². The number of hydrogen-bond donors (Lipinski definition) is 2. The Morgan fingerprint density at radius 1 is 1.17 bits per heavy atom. The number of nitrogens with zero attached hydrogens (tertiary/aromatic N) is 2. The van der Waals surface area contributed by atoms with Gasteiger partial charge in [-0.2, -0.15) is 0 Å². The van der Waals surface area contributed by atoms with Gasteiger partial charge in [0.1, 0.15) is 0 Å². The molecule has 0 fully saturated rings. The van der Waals surface area contributed by atoms with E-state index < -0.39 is 0 Å². The number of pyridine rings is 2. The second kappa shape index (κ2) is 6.57. The summed E-state index contributed by atoms with van der Waals surface area (Å²) < 4.78 is 0. The Morgan fingerprint density at radius 3 is 2.78 bits per heavy atom. The molecule has 0 radical (unpaired) electrons. The fraction of sp³-hybridized carbons (Fsp3) is 0.211. The summed E-state index contributed by atoms with van der Waals surface area (Å²) in [4.78, 5) is 8.74. The van der Waals surface area contributed by atoms with Crippen LogP contribution in [-0.4, -0.2) is 15.7 Å². The molecule has 0 spiro atoms. The molecule has 0 aliphatic heterocycles. The second-order valence-electron chi connectivity index (χ2n) is 5.64. The molecule has 2 aromatic heterocycles. The van der Waals surface area contributed by atoms with Gasteiger partial charge < -0.3 is 10.7 Å². The molecule has 0 amide bonds. The summed E-state index contributed by atoms with van der Waals surface area (Å²) in [6, 6.07) is 12.0. The van der Waals surface area contributed by atoms with Crippen LogP contribution in [0.5, 0.6) is 0 Å². The minimum absolute atomic E-state index is 0.677. The van der Waals surface area contributed by atoms with E-state index in [1.54, 1.807) is 12.4 Å². The van der Waals surface area contributed by atoms with Crippen LogP contribution >= 0.6 is 0 Å². The van der Waals surface area contributed by atoms with E-state index in [4.69, 9.17) is 5.41 Å². The van der Waals surface area contributed by atoms with Gasteiger partial charge in [-0.15, -0.1) is 0 Å². The van der Waals surface area contributed by atoms with Crippen molar-refractivity contribution in [3.8, 4) is 0 Å². The minimum Gasteiger partial charge on any atom is -0.354 e. The summed E-state index contributed by atoms with van der Waals surface area (Å²) >= 11 is 0. The van der Waals surface area contributed by atoms with Crippen molar-refractivity contribution in [2.24, 2.45) is 0 Å². The molecule has 4 nitrogen and oxygen atoms in total. The molecule has 0 aliphatic rings. The molecule has 1 aromatic carbocycles. The zero-order chi connectivity index (χ0) is 16.2. The first-order valence-corrected chi connectivity index (χ1v) is 7.83. The smallest absolute Gasteiger partial charge is 0.0732 e. The van der Waals surface area contributed by atoms with Crippen molar-refractivity contribution in [2.75, 3.05) is 5.32 Å². The molecule has 0 bridgehead atoms. The van der Waals surface area contributed by atoms with E-state index in [0.717, 1.165) is 46.4 Å². The average molecular weight is 304 g/mol. The molecular formula is C19H20N4. The number of anilines is 2. The molecule has 23 heavy (non-hydrogen) atoms. The molecule has 0 saturated carbocycles. The highest BCUT2D eigenvalue weighted by Gasteiger charge is 2.09. The van der Waals surface area contributed by atoms with E-state index in [9.17, 15) is 0 Å². The molecule has 3 aromatic rings. The van der Waals surface area contributed by atoms with Gasteiger partial charge in [0.25, 0.3) is 0 Å². The topological polar surface area (TPSA) is 61.7 Å². The van der Waals surface area contributed by atoms with Gasteiger partial charge in [-0.25, -0.2) is 0 Å². The third kappa shape index (κ3) is 3.37. The molecule has 2 N–H and O–H groups in total. The summed E-state index contributed by atoms with van der Waals surface area (Å²) in [5, 5.41) is 12.7. The lowest BCUT2D eigenvalue weighted by Gasteiger charge is -2.11. The average Bonchev–Trinajstić information content (AvgIpc) is 2.55. The summed E-state index contributed by atoms with van der Waals surface area (Å²) in [5.74, 6) is 0. The van der Waals surface area contributed by atoms with Crippen LogP contribution in [0.1, 0.15) is 31.0 Å². The van der Waals surface area contributed by atoms with Gasteiger partial charge in [-0.1, -0.05) is 19.4 Å². The number of benzene rings is 1. The first kappa shape index (κ1) is 15.2. The van der Waals surface area contributed by atoms with Crippen molar-refractivity contribution in [1.29, 1.82) is 5.41 Å². The lowest BCUT2D eigenvalue weighted by molar-refractivity contribution is 0.986. The van der Waals surface area contributed by atoms with Gasteiger partial charge in [0, 0.05) is 34.2 Å². The molecular weight excluding hydrogens is 284 g/mol. The Balaban J connectivity index is 2.01. The van der Waals surface area contributed by atoms with Crippen molar-refractivity contribution in [1.82, 2.24) is 9.97 Å². The first-order valence-electron chi connectivity index (χ1n) is 7.83. The van der Waals surface area contributed by atoms with E-state index in [2.05, 4.69) is 22.2 Å². The molecule has 3 rings (SSSR count). The normalized spacial score (nSPS) is 10.7. The largest absolute Gasteiger partial charge is 0.354 e. The van der Waals surface area contributed by atoms with Crippen molar-refractivity contribution in [2.45, 2.75) is 26.7 Å². The fourth-order valence-corrected chi connectivity index (χ4v) is 2.68. The van der Waals surface area contributed by atoms with Crippen LogP contribution in [0.15, 0.2) is 48.8 Å². The van der Waals surface area contributed by atoms with Crippen LogP contribution in [0.3, 0.4) is 0 Å². The second-order valence-corrected chi connectivity index (χ2v) is 5.64. The molecule has 0 saturated heterocycles. The standard InChI is InChI=1S/C19H20N4/c1-3-5-18(20)17-10-13(2)22-19-11-14(7-8-16(17)19)23-15-6-4-9-21-12-15/h4,6-12,20,23H,3,5H2,1-2H3. The van der Waals surface area contributed by atoms with Gasteiger partial charge in [0.15, 0.2) is 0 Å². The fourth-order valence-electron chi connectivity index (χ4n) is 2.68. The number of nitrogens with one attached hydrogen (secondary N) is 2. The Morgan fingerprint density at radius 2 is 2.04 bits per heavy atom. The quantitative estimate of drug-likeness (QED) is 0.662. The Bertz CT molecular complexity index is 841. The third-order valence-corrected chi connectivity index (χ3v) is 3.71. The van der Waals surface area contributed by atoms with Crippen LogP contribution in [-0.2, 0) is 0 Å². The lowest BCUT2D eigenvalue weighted by atomic mass is 10.0. The number of rotatable bonds is 5. The number of aryl methyl sites for hydroxylation is 1. The van der Waals surface area contributed by atoms with Gasteiger partial charge >= 0.3 is 0 Å². The van der Waals surface area contributed by atoms with Gasteiger partial charge in [0.2, 0.25) is 0 Å². The van der Waals surface area contributed by atoms with Crippen LogP contribution in [0.4, 0.5) is 11.4 Å². The van der Waals surface area contributed by atoms with Crippen LogP contribution in [0.2, 0.25) is 0 Å². The molecule has 116 valence electrons. The Hall–Kier alpha value is -2.75. The first-order chi connectivity index (χ1) is 11.2. The summed E-state index contributed by atoms with van der Waals surface area (Å²) in [6.07, 6.45) is 5.30. The highest BCUT2D eigenvalue weighted by atomic mass is 14.9. The zero-order valence-electron chi connectivity index (χ0n) is 13.4. The Kier molecular flexibility index (Phi) is 4.33. The van der Waals surface area contributed by atoms with Crippen molar-refractivity contribution >= 4 is 28.0 Å². The van der Waals surface area contributed by atoms with Crippen LogP contribution in [0.25, 0.3) is 10.9 Å². The SMILES string of the molecule is CCCC(=N)c1cc(C)nc2cc(Nc3cccnc3)ccc12. The van der Waals surface area contributed by atoms with Gasteiger partial charge in [0.05, 0.1) is 17.4 Å². The van der Waals surface area contributed by atoms with E-state index in [1.807, 2.05) is 43.3 Å². The molecule has 4 heteroatoms. The van der Waals surface area contributed by atoms with Crippen molar-refractivity contribution in [3.05, 3.63) is 60.0 Å². The number of fused-ring (bicyclic) bond motifs is 1. The van der Waals surface area contributed by atoms with Crippen molar-refractivity contribution < 1.29 is 0 Å². The third-order valence-electron chi connectivity index (χ3n) is 3.71. The zero-order valence-corrected chi connectivity index (χ0v) is 13.4. The number of hydrogen-bond acceptors (Lipinski definition) is 4. The van der Waals surface area contributed by atoms with Crippen LogP contribution < -0.4 is 5.32 Å². The molecule has 0 unspecified atom stereocenters. The maximum atomic E-state index is 8.29. The van der Waals surface area contributed by atoms with E-state index in [0.29, 0.717) is 5.71 Å². The maximum Gasteiger partial charge on any atom is 0.0732 e. The van der Waals surface area contributed by atoms with E-state index in [-0.39, 0.29) is 0 Å². The highest BCUT2D eigenvalue weighted by Crippen LogP contribution is 2.25. The summed E-state index contributed by atoms with van der Waals surface area (Å²) in [7, 11) is 0. The van der Waals surface area contributed by atoms with Gasteiger partial charge in [-0.05, 0) is 43.7 Å². The molecule has 0 aliphatic carbocycles. The predicted octanol–water partition coefficient (Wildman–Crippen LogP) is 4.85. The molecule has 0 atom stereocenters. The van der Waals surface area contributed by atoms with Crippen LogP contribution in [0, 0.1) is 12.3 Å². The summed E-state index contributed by atoms with van der Waals surface area (Å²) in [5.41, 5.74) is 5.43. The minimum atomic E-state index is 0.677. The molecule has 2 heterocycles. The van der Waals surface area contributed by atoms with Gasteiger partial charge in [-0.3, -0.25) is 9.97 Å². The number of aromatic nitrogens is 2. The lowest BCUT2D eigenvalue weighted by Crippen LogP contribution is -2.02. The Labute approximate surface area is 136 Å². The summed E-state index contributed by atoms with van der Waals surface area (Å²) in [6.45, 7) is 4.07. The highest BCUT2D eigenvalue weighted by molar-refractivity contribution is 6.09. The predicted molar refractivity (Wildman–Crippen MR) is 95.7 cm³/mol. The van der Waals surface area contributed by atoms with Crippen molar-refractivity contribution in [3.63, 3.8) is 0 Å². The maximum absolute atomic E-state index is 8.29.